The minimum absolute atomic E-state index is 0.135. The van der Waals surface area contributed by atoms with E-state index in [0.717, 1.165) is 44.9 Å². The van der Waals surface area contributed by atoms with Crippen molar-refractivity contribution in [3.8, 4) is 0 Å². The molecule has 0 spiro atoms. The van der Waals surface area contributed by atoms with Gasteiger partial charge in [-0.05, 0) is 38.5 Å². The Morgan fingerprint density at radius 2 is 0.853 bits per heavy atom. The molecular formula is C59H107NO8. The number of carbonyl (C=O) groups is 1. The molecule has 396 valence electrons. The van der Waals surface area contributed by atoms with Gasteiger partial charge >= 0.3 is 0 Å². The molecule has 0 bridgehead atoms. The van der Waals surface area contributed by atoms with Gasteiger partial charge in [0, 0.05) is 6.42 Å². The van der Waals surface area contributed by atoms with Gasteiger partial charge in [-0.3, -0.25) is 4.79 Å². The van der Waals surface area contributed by atoms with Crippen LogP contribution in [0.25, 0.3) is 0 Å². The molecule has 1 fully saturated rings. The van der Waals surface area contributed by atoms with E-state index in [9.17, 15) is 30.3 Å². The number of aliphatic hydroxyl groups is 5. The summed E-state index contributed by atoms with van der Waals surface area (Å²) in [4.78, 5) is 13.0. The number of carbonyl (C=O) groups excluding carboxylic acids is 1. The van der Waals surface area contributed by atoms with E-state index in [4.69, 9.17) is 9.47 Å². The van der Waals surface area contributed by atoms with E-state index in [2.05, 4.69) is 67.8 Å². The molecule has 1 rings (SSSR count). The molecule has 1 amide bonds. The van der Waals surface area contributed by atoms with Crippen molar-refractivity contribution in [3.05, 3.63) is 60.8 Å². The van der Waals surface area contributed by atoms with Crippen LogP contribution in [0.3, 0.4) is 0 Å². The second kappa shape index (κ2) is 48.5. The molecule has 0 aromatic rings. The maximum Gasteiger partial charge on any atom is 0.224 e. The summed E-state index contributed by atoms with van der Waals surface area (Å²) in [5.74, 6) is -0.270. The van der Waals surface area contributed by atoms with Gasteiger partial charge in [-0.1, -0.05) is 267 Å². The lowest BCUT2D eigenvalue weighted by Crippen LogP contribution is -2.60. The highest BCUT2D eigenvalue weighted by atomic mass is 16.7. The first-order valence-corrected chi connectivity index (χ1v) is 28.5. The number of hydrogen-bond acceptors (Lipinski definition) is 8. The standard InChI is InChI=1S/C59H107NO8/c1-3-5-7-9-11-13-15-17-19-20-21-22-23-24-25-26-27-28-29-30-31-32-33-35-36-38-40-42-44-46-48-53(62)52(51-67-59-58(66)57(65)56(64)54(50-61)68-59)60-55(63)49-47-45-43-41-39-37-34-18-16-14-12-10-8-6-4-2/h6,8,12,14,18,34,39,41,45,47,52-54,56-59,61-62,64-66H,3-5,7,9-11,13,15-17,19-33,35-38,40,42-44,46,48-51H2,1-2H3,(H,60,63)/b8-6-,14-12-,34-18-,41-39-,47-45-. The highest BCUT2D eigenvalue weighted by Gasteiger charge is 2.44. The molecular weight excluding hydrogens is 851 g/mol. The maximum absolute atomic E-state index is 13.0. The maximum atomic E-state index is 13.0. The Kier molecular flexibility index (Phi) is 45.6. The highest BCUT2D eigenvalue weighted by molar-refractivity contribution is 5.77. The molecule has 0 saturated carbocycles. The van der Waals surface area contributed by atoms with E-state index < -0.39 is 49.5 Å². The number of aliphatic hydroxyl groups excluding tert-OH is 5. The van der Waals surface area contributed by atoms with Crippen molar-refractivity contribution in [3.63, 3.8) is 0 Å². The topological polar surface area (TPSA) is 149 Å². The van der Waals surface area contributed by atoms with Crippen LogP contribution in [0.1, 0.15) is 251 Å². The summed E-state index contributed by atoms with van der Waals surface area (Å²) in [6.45, 7) is 3.68. The van der Waals surface area contributed by atoms with E-state index in [0.29, 0.717) is 12.8 Å². The minimum atomic E-state index is -1.57. The quantitative estimate of drug-likeness (QED) is 0.0261. The Labute approximate surface area is 417 Å². The molecule has 7 unspecified atom stereocenters. The molecule has 7 atom stereocenters. The van der Waals surface area contributed by atoms with Crippen molar-refractivity contribution in [2.75, 3.05) is 13.2 Å². The largest absolute Gasteiger partial charge is 0.394 e. The molecule has 0 aromatic carbocycles. The third kappa shape index (κ3) is 37.7. The van der Waals surface area contributed by atoms with Crippen LogP contribution in [0.5, 0.6) is 0 Å². The lowest BCUT2D eigenvalue weighted by molar-refractivity contribution is -0.302. The van der Waals surface area contributed by atoms with E-state index in [1.807, 2.05) is 6.08 Å². The number of nitrogens with one attached hydrogen (secondary N) is 1. The number of unbranched alkanes of at least 4 members (excludes halogenated alkanes) is 29. The molecule has 1 aliphatic rings. The Morgan fingerprint density at radius 1 is 0.500 bits per heavy atom. The fraction of sp³-hybridized carbons (Fsp3) is 0.814. The monoisotopic (exact) mass is 958 g/mol. The number of rotatable bonds is 48. The van der Waals surface area contributed by atoms with Crippen LogP contribution in [-0.2, 0) is 14.3 Å². The first-order chi connectivity index (χ1) is 33.3. The molecule has 6 N–H and O–H groups in total. The van der Waals surface area contributed by atoms with Crippen molar-refractivity contribution < 1.29 is 39.8 Å². The highest BCUT2D eigenvalue weighted by Crippen LogP contribution is 2.23. The van der Waals surface area contributed by atoms with Crippen LogP contribution >= 0.6 is 0 Å². The Balaban J connectivity index is 2.18. The van der Waals surface area contributed by atoms with Gasteiger partial charge < -0.3 is 40.3 Å². The number of amides is 1. The van der Waals surface area contributed by atoms with E-state index in [1.165, 1.54) is 173 Å². The van der Waals surface area contributed by atoms with Gasteiger partial charge in [0.05, 0.1) is 25.4 Å². The van der Waals surface area contributed by atoms with Crippen LogP contribution in [0.4, 0.5) is 0 Å². The third-order valence-electron chi connectivity index (χ3n) is 13.4. The van der Waals surface area contributed by atoms with Gasteiger partial charge in [0.1, 0.15) is 24.4 Å². The summed E-state index contributed by atoms with van der Waals surface area (Å²) >= 11 is 0. The van der Waals surface area contributed by atoms with Crippen LogP contribution < -0.4 is 5.32 Å². The Morgan fingerprint density at radius 3 is 1.22 bits per heavy atom. The first kappa shape index (κ1) is 63.9. The van der Waals surface area contributed by atoms with Gasteiger partial charge in [-0.15, -0.1) is 0 Å². The summed E-state index contributed by atoms with van der Waals surface area (Å²) in [5.41, 5.74) is 0. The Bertz CT molecular complexity index is 1250. The molecule has 9 nitrogen and oxygen atoms in total. The van der Waals surface area contributed by atoms with Crippen LogP contribution in [-0.4, -0.2) is 87.5 Å². The average molecular weight is 959 g/mol. The summed E-state index contributed by atoms with van der Waals surface area (Å²) in [6, 6.07) is -0.777. The SMILES string of the molecule is CC/C=C\C/C=C\C/C=C\C/C=C\C/C=C\CC(=O)NC(COC1OC(CO)C(O)C(O)C1O)C(O)CCCCCCCCCCCCCCCCCCCCCCCCCCCCCCCC. The molecule has 68 heavy (non-hydrogen) atoms. The van der Waals surface area contributed by atoms with Crippen LogP contribution in [0, 0.1) is 0 Å². The predicted octanol–water partition coefficient (Wildman–Crippen LogP) is 13.9. The van der Waals surface area contributed by atoms with E-state index in [-0.39, 0.29) is 18.9 Å². The van der Waals surface area contributed by atoms with Gasteiger partial charge in [0.25, 0.3) is 0 Å². The molecule has 1 heterocycles. The summed E-state index contributed by atoms with van der Waals surface area (Å²) in [6.07, 6.45) is 58.7. The minimum Gasteiger partial charge on any atom is -0.394 e. The molecule has 0 radical (unpaired) electrons. The fourth-order valence-corrected chi connectivity index (χ4v) is 8.94. The number of allylic oxidation sites excluding steroid dienone is 9. The second-order valence-electron chi connectivity index (χ2n) is 19.7. The zero-order valence-corrected chi connectivity index (χ0v) is 43.9. The van der Waals surface area contributed by atoms with Gasteiger partial charge in [0.2, 0.25) is 5.91 Å². The lowest BCUT2D eigenvalue weighted by atomic mass is 9.99. The molecule has 9 heteroatoms. The summed E-state index contributed by atoms with van der Waals surface area (Å²) in [5, 5.41) is 54.5. The normalized spacial score (nSPS) is 20.0. The van der Waals surface area contributed by atoms with Crippen molar-refractivity contribution >= 4 is 5.91 Å². The smallest absolute Gasteiger partial charge is 0.224 e. The van der Waals surface area contributed by atoms with Gasteiger partial charge in [-0.2, -0.15) is 0 Å². The Hall–Kier alpha value is -2.11. The van der Waals surface area contributed by atoms with Crippen LogP contribution in [0.15, 0.2) is 60.8 Å². The molecule has 1 saturated heterocycles. The van der Waals surface area contributed by atoms with Gasteiger partial charge in [-0.25, -0.2) is 0 Å². The summed E-state index contributed by atoms with van der Waals surface area (Å²) < 4.78 is 11.3. The van der Waals surface area contributed by atoms with Gasteiger partial charge in [0.15, 0.2) is 6.29 Å². The first-order valence-electron chi connectivity index (χ1n) is 28.5. The predicted molar refractivity (Wildman–Crippen MR) is 286 cm³/mol. The van der Waals surface area contributed by atoms with E-state index >= 15 is 0 Å². The van der Waals surface area contributed by atoms with Crippen molar-refractivity contribution in [1.29, 1.82) is 0 Å². The number of hydrogen-bond donors (Lipinski definition) is 6. The van der Waals surface area contributed by atoms with E-state index in [1.54, 1.807) is 6.08 Å². The zero-order chi connectivity index (χ0) is 49.4. The van der Waals surface area contributed by atoms with Crippen molar-refractivity contribution in [2.24, 2.45) is 0 Å². The molecule has 0 aromatic heterocycles. The fourth-order valence-electron chi connectivity index (χ4n) is 8.94. The average Bonchev–Trinajstić information content (AvgIpc) is 3.34. The van der Waals surface area contributed by atoms with Crippen molar-refractivity contribution in [2.45, 2.75) is 294 Å². The summed E-state index contributed by atoms with van der Waals surface area (Å²) in [7, 11) is 0. The zero-order valence-electron chi connectivity index (χ0n) is 43.9. The van der Waals surface area contributed by atoms with Crippen LogP contribution in [0.2, 0.25) is 0 Å². The molecule has 1 aliphatic heterocycles. The number of ether oxygens (including phenoxy) is 2. The third-order valence-corrected chi connectivity index (χ3v) is 13.4. The van der Waals surface area contributed by atoms with Crippen molar-refractivity contribution in [1.82, 2.24) is 5.32 Å². The second-order valence-corrected chi connectivity index (χ2v) is 19.7. The lowest BCUT2D eigenvalue weighted by Gasteiger charge is -2.40. The molecule has 0 aliphatic carbocycles.